The van der Waals surface area contributed by atoms with Crippen molar-refractivity contribution in [3.63, 3.8) is 0 Å². The fraction of sp³-hybridized carbons (Fsp3) is 0.440. The molecule has 1 saturated heterocycles. The molecule has 172 valence electrons. The van der Waals surface area contributed by atoms with Crippen LogP contribution in [0.25, 0.3) is 0 Å². The molecule has 0 radical (unpaired) electrons. The monoisotopic (exact) mass is 443 g/mol. The van der Waals surface area contributed by atoms with E-state index in [1.54, 1.807) is 18.1 Å². The lowest BCUT2D eigenvalue weighted by molar-refractivity contribution is -0.158. The van der Waals surface area contributed by atoms with Crippen molar-refractivity contribution in [1.82, 2.24) is 4.90 Å². The Morgan fingerprint density at radius 2 is 1.88 bits per heavy atom. The average Bonchev–Trinajstić information content (AvgIpc) is 2.81. The van der Waals surface area contributed by atoms with Crippen molar-refractivity contribution in [2.45, 2.75) is 45.3 Å². The molecule has 1 aliphatic heterocycles. The number of halogens is 1. The lowest BCUT2D eigenvalue weighted by atomic mass is 9.84. The van der Waals surface area contributed by atoms with Gasteiger partial charge >= 0.3 is 5.97 Å². The van der Waals surface area contributed by atoms with Gasteiger partial charge in [-0.3, -0.25) is 9.59 Å². The number of piperidine rings is 1. The van der Waals surface area contributed by atoms with E-state index in [1.165, 1.54) is 19.2 Å². The third-order valence-electron chi connectivity index (χ3n) is 5.82. The summed E-state index contributed by atoms with van der Waals surface area (Å²) in [7, 11) is 2.99. The van der Waals surface area contributed by atoms with Gasteiger partial charge in [0.25, 0.3) is 0 Å². The summed E-state index contributed by atoms with van der Waals surface area (Å²) in [6.07, 6.45) is 2.50. The molecule has 1 aliphatic rings. The molecule has 3 rings (SSSR count). The summed E-state index contributed by atoms with van der Waals surface area (Å²) >= 11 is 0. The smallest absolute Gasteiger partial charge is 0.311 e. The first-order chi connectivity index (χ1) is 15.5. The Bertz CT molecular complexity index is 930. The Hall–Kier alpha value is -3.09. The number of unbranched alkanes of at least 4 members (excludes halogenated alkanes) is 1. The molecule has 0 N–H and O–H groups in total. The quantitative estimate of drug-likeness (QED) is 0.527. The first kappa shape index (κ1) is 23.6. The van der Waals surface area contributed by atoms with E-state index in [0.29, 0.717) is 30.7 Å². The summed E-state index contributed by atoms with van der Waals surface area (Å²) < 4.78 is 29.7. The van der Waals surface area contributed by atoms with Gasteiger partial charge in [-0.1, -0.05) is 31.5 Å². The molecular weight excluding hydrogens is 413 g/mol. The highest BCUT2D eigenvalue weighted by molar-refractivity contribution is 5.82. The molecule has 6 nitrogen and oxygen atoms in total. The third kappa shape index (κ3) is 5.39. The summed E-state index contributed by atoms with van der Waals surface area (Å²) in [5, 5.41) is 0. The van der Waals surface area contributed by atoms with E-state index < -0.39 is 23.7 Å². The maximum Gasteiger partial charge on any atom is 0.311 e. The van der Waals surface area contributed by atoms with E-state index in [2.05, 4.69) is 6.92 Å². The zero-order valence-electron chi connectivity index (χ0n) is 18.8. The van der Waals surface area contributed by atoms with Crippen molar-refractivity contribution in [2.75, 3.05) is 20.8 Å². The van der Waals surface area contributed by atoms with Crippen molar-refractivity contribution in [1.29, 1.82) is 0 Å². The molecule has 1 heterocycles. The second kappa shape index (κ2) is 11.0. The van der Waals surface area contributed by atoms with Crippen molar-refractivity contribution in [3.05, 3.63) is 59.4 Å². The van der Waals surface area contributed by atoms with Gasteiger partial charge in [0.2, 0.25) is 5.91 Å². The first-order valence-electron chi connectivity index (χ1n) is 10.9. The van der Waals surface area contributed by atoms with Crippen LogP contribution < -0.4 is 9.47 Å². The molecule has 2 aromatic carbocycles. The second-order valence-electron chi connectivity index (χ2n) is 7.88. The molecule has 32 heavy (non-hydrogen) atoms. The van der Waals surface area contributed by atoms with Gasteiger partial charge in [0.15, 0.2) is 11.6 Å². The second-order valence-corrected chi connectivity index (χ2v) is 7.88. The molecule has 2 aromatic rings. The Kier molecular flexibility index (Phi) is 8.09. The predicted molar refractivity (Wildman–Crippen MR) is 118 cm³/mol. The molecule has 7 heteroatoms. The van der Waals surface area contributed by atoms with Gasteiger partial charge in [-0.25, -0.2) is 4.39 Å². The number of carbonyl (C=O) groups is 2. The number of ether oxygens (including phenoxy) is 3. The zero-order valence-corrected chi connectivity index (χ0v) is 18.8. The van der Waals surface area contributed by atoms with Gasteiger partial charge < -0.3 is 19.1 Å². The van der Waals surface area contributed by atoms with Crippen LogP contribution in [0.4, 0.5) is 4.39 Å². The number of likely N-dealkylation sites (tertiary alicyclic amines) is 1. The number of rotatable bonds is 9. The largest absolute Gasteiger partial charge is 0.497 e. The van der Waals surface area contributed by atoms with Crippen LogP contribution in [-0.2, 0) is 20.9 Å². The van der Waals surface area contributed by atoms with Crippen LogP contribution in [0, 0.1) is 11.7 Å². The summed E-state index contributed by atoms with van der Waals surface area (Å²) in [4.78, 5) is 27.7. The molecule has 0 bridgehead atoms. The number of methoxy groups -OCH3 is 2. The molecule has 0 aromatic heterocycles. The highest BCUT2D eigenvalue weighted by atomic mass is 19.1. The Labute approximate surface area is 188 Å². The Morgan fingerprint density at radius 3 is 2.50 bits per heavy atom. The lowest BCUT2D eigenvalue weighted by Crippen LogP contribution is -2.46. The third-order valence-corrected chi connectivity index (χ3v) is 5.82. The number of hydrogen-bond acceptors (Lipinski definition) is 5. The topological polar surface area (TPSA) is 65.1 Å². The standard InChI is InChI=1S/C25H30FNO5/c1-4-5-14-27-23(28)13-11-20(24(27)18-7-9-19(30-2)10-8-18)25(29)32-16-17-6-12-22(31-3)21(26)15-17/h6-10,12,15,20,24H,4-5,11,13-14,16H2,1-3H3. The summed E-state index contributed by atoms with van der Waals surface area (Å²) in [6, 6.07) is 11.5. The van der Waals surface area contributed by atoms with E-state index in [1.807, 2.05) is 24.3 Å². The first-order valence-corrected chi connectivity index (χ1v) is 10.9. The number of nitrogens with zero attached hydrogens (tertiary/aromatic N) is 1. The van der Waals surface area contributed by atoms with E-state index in [9.17, 15) is 14.0 Å². The minimum atomic E-state index is -0.508. The van der Waals surface area contributed by atoms with Gasteiger partial charge in [0, 0.05) is 13.0 Å². The molecule has 2 atom stereocenters. The molecule has 0 aliphatic carbocycles. The van der Waals surface area contributed by atoms with Crippen LogP contribution in [0.1, 0.15) is 49.8 Å². The molecule has 2 unspecified atom stereocenters. The minimum absolute atomic E-state index is 0.0422. The van der Waals surface area contributed by atoms with Crippen LogP contribution in [0.3, 0.4) is 0 Å². The number of amides is 1. The van der Waals surface area contributed by atoms with Crippen molar-refractivity contribution < 1.29 is 28.2 Å². The number of esters is 1. The number of hydrogen-bond donors (Lipinski definition) is 0. The molecular formula is C25H30FNO5. The summed E-state index contributed by atoms with van der Waals surface area (Å²) in [6.45, 7) is 2.60. The van der Waals surface area contributed by atoms with Crippen molar-refractivity contribution >= 4 is 11.9 Å². The van der Waals surface area contributed by atoms with E-state index >= 15 is 0 Å². The van der Waals surface area contributed by atoms with E-state index in [0.717, 1.165) is 18.4 Å². The number of carbonyl (C=O) groups excluding carboxylic acids is 2. The van der Waals surface area contributed by atoms with Crippen LogP contribution in [0.2, 0.25) is 0 Å². The summed E-state index contributed by atoms with van der Waals surface area (Å²) in [5.74, 6) is -0.516. The molecule has 1 amide bonds. The summed E-state index contributed by atoms with van der Waals surface area (Å²) in [5.41, 5.74) is 1.40. The molecule has 0 saturated carbocycles. The maximum absolute atomic E-state index is 14.0. The average molecular weight is 444 g/mol. The van der Waals surface area contributed by atoms with Crippen LogP contribution in [-0.4, -0.2) is 37.5 Å². The number of benzene rings is 2. The van der Waals surface area contributed by atoms with Crippen LogP contribution >= 0.6 is 0 Å². The predicted octanol–water partition coefficient (Wildman–Crippen LogP) is 4.67. The van der Waals surface area contributed by atoms with Crippen molar-refractivity contribution in [3.8, 4) is 11.5 Å². The van der Waals surface area contributed by atoms with E-state index in [4.69, 9.17) is 14.2 Å². The van der Waals surface area contributed by atoms with Crippen molar-refractivity contribution in [2.24, 2.45) is 5.92 Å². The zero-order chi connectivity index (χ0) is 23.1. The molecule has 0 spiro atoms. The Balaban J connectivity index is 1.81. The highest BCUT2D eigenvalue weighted by Gasteiger charge is 2.41. The van der Waals surface area contributed by atoms with E-state index in [-0.39, 0.29) is 18.3 Å². The molecule has 1 fully saturated rings. The highest BCUT2D eigenvalue weighted by Crippen LogP contribution is 2.38. The van der Waals surface area contributed by atoms with Gasteiger partial charge in [-0.05, 0) is 48.2 Å². The lowest BCUT2D eigenvalue weighted by Gasteiger charge is -2.40. The van der Waals surface area contributed by atoms with Crippen LogP contribution in [0.15, 0.2) is 42.5 Å². The van der Waals surface area contributed by atoms with Gasteiger partial charge in [-0.15, -0.1) is 0 Å². The van der Waals surface area contributed by atoms with Crippen LogP contribution in [0.5, 0.6) is 11.5 Å². The van der Waals surface area contributed by atoms with Gasteiger partial charge in [0.05, 0.1) is 26.2 Å². The normalized spacial score (nSPS) is 18.4. The Morgan fingerprint density at radius 1 is 1.12 bits per heavy atom. The fourth-order valence-corrected chi connectivity index (χ4v) is 4.07. The van der Waals surface area contributed by atoms with Gasteiger partial charge in [0.1, 0.15) is 12.4 Å². The van der Waals surface area contributed by atoms with Gasteiger partial charge in [-0.2, -0.15) is 0 Å². The fourth-order valence-electron chi connectivity index (χ4n) is 4.07. The maximum atomic E-state index is 14.0. The minimum Gasteiger partial charge on any atom is -0.497 e. The SMILES string of the molecule is CCCCN1C(=O)CCC(C(=O)OCc2ccc(OC)c(F)c2)C1c1ccc(OC)cc1.